The molecular formula is C10H7ClF5NO2. The smallest absolute Gasteiger partial charge is 0.419 e. The third kappa shape index (κ3) is 3.52. The van der Waals surface area contributed by atoms with Crippen molar-refractivity contribution in [2.24, 2.45) is 0 Å². The number of hydrogen-bond donors (Lipinski definition) is 0. The van der Waals surface area contributed by atoms with Crippen LogP contribution in [0.2, 0.25) is 5.15 Å². The normalized spacial score (nSPS) is 11.8. The Morgan fingerprint density at radius 1 is 1.47 bits per heavy atom. The Morgan fingerprint density at radius 3 is 2.47 bits per heavy atom. The Labute approximate surface area is 109 Å². The molecule has 0 aliphatic heterocycles. The molecule has 0 fully saturated rings. The first kappa shape index (κ1) is 15.6. The molecule has 9 heteroatoms. The van der Waals surface area contributed by atoms with Gasteiger partial charge in [-0.2, -0.15) is 13.2 Å². The van der Waals surface area contributed by atoms with Crippen molar-refractivity contribution in [2.45, 2.75) is 19.5 Å². The van der Waals surface area contributed by atoms with Crippen molar-refractivity contribution in [1.29, 1.82) is 0 Å². The van der Waals surface area contributed by atoms with E-state index in [1.807, 2.05) is 0 Å². The highest BCUT2D eigenvalue weighted by Crippen LogP contribution is 2.40. The molecule has 0 unspecified atom stereocenters. The molecule has 0 aliphatic rings. The van der Waals surface area contributed by atoms with Crippen LogP contribution in [0.25, 0.3) is 0 Å². The molecule has 0 aliphatic carbocycles. The van der Waals surface area contributed by atoms with Crippen molar-refractivity contribution in [3.05, 3.63) is 28.0 Å². The van der Waals surface area contributed by atoms with E-state index < -0.39 is 40.5 Å². The van der Waals surface area contributed by atoms with Gasteiger partial charge in [0.1, 0.15) is 10.7 Å². The van der Waals surface area contributed by atoms with Crippen molar-refractivity contribution in [1.82, 2.24) is 4.98 Å². The fourth-order valence-corrected chi connectivity index (χ4v) is 1.60. The van der Waals surface area contributed by atoms with Gasteiger partial charge >= 0.3 is 12.1 Å². The Kier molecular flexibility index (Phi) is 4.67. The number of carbonyl (C=O) groups is 1. The first-order valence-electron chi connectivity index (χ1n) is 4.91. The molecule has 19 heavy (non-hydrogen) atoms. The number of hydrogen-bond acceptors (Lipinski definition) is 3. The van der Waals surface area contributed by atoms with Gasteiger partial charge in [-0.15, -0.1) is 0 Å². The van der Waals surface area contributed by atoms with Crippen LogP contribution in [-0.2, 0) is 10.9 Å². The highest BCUT2D eigenvalue weighted by atomic mass is 35.5. The van der Waals surface area contributed by atoms with Crippen molar-refractivity contribution in [2.75, 3.05) is 6.61 Å². The maximum Gasteiger partial charge on any atom is 0.419 e. The van der Waals surface area contributed by atoms with Crippen LogP contribution in [-0.4, -0.2) is 17.6 Å². The summed E-state index contributed by atoms with van der Waals surface area (Å²) in [6, 6.07) is 0.331. The highest BCUT2D eigenvalue weighted by Gasteiger charge is 2.40. The van der Waals surface area contributed by atoms with Gasteiger partial charge in [-0.25, -0.2) is 18.6 Å². The van der Waals surface area contributed by atoms with E-state index in [2.05, 4.69) is 9.72 Å². The zero-order valence-electron chi connectivity index (χ0n) is 9.39. The molecule has 0 atom stereocenters. The Balaban J connectivity index is 3.42. The summed E-state index contributed by atoms with van der Waals surface area (Å²) in [5.41, 5.74) is -3.86. The van der Waals surface area contributed by atoms with Crippen LogP contribution in [0.15, 0.2) is 6.07 Å². The number of ether oxygens (including phenoxy) is 1. The van der Waals surface area contributed by atoms with Crippen LogP contribution >= 0.6 is 11.6 Å². The summed E-state index contributed by atoms with van der Waals surface area (Å²) in [5.74, 6) is -1.12. The van der Waals surface area contributed by atoms with Gasteiger partial charge in [-0.3, -0.25) is 0 Å². The predicted molar refractivity (Wildman–Crippen MR) is 55.2 cm³/mol. The van der Waals surface area contributed by atoms with Crippen LogP contribution in [0.4, 0.5) is 22.0 Å². The van der Waals surface area contributed by atoms with Gasteiger partial charge in [0.2, 0.25) is 0 Å². The topological polar surface area (TPSA) is 39.2 Å². The lowest BCUT2D eigenvalue weighted by Gasteiger charge is -2.14. The van der Waals surface area contributed by atoms with Gasteiger partial charge in [-0.1, -0.05) is 11.6 Å². The number of carbonyl (C=O) groups excluding carboxylic acids is 1. The van der Waals surface area contributed by atoms with Crippen LogP contribution in [0.5, 0.6) is 0 Å². The maximum atomic E-state index is 12.6. The van der Waals surface area contributed by atoms with E-state index in [4.69, 9.17) is 11.6 Å². The molecule has 1 rings (SSSR count). The zero-order valence-corrected chi connectivity index (χ0v) is 10.1. The van der Waals surface area contributed by atoms with Gasteiger partial charge < -0.3 is 4.74 Å². The predicted octanol–water partition coefficient (Wildman–Crippen LogP) is 3.87. The van der Waals surface area contributed by atoms with Crippen molar-refractivity contribution in [3.63, 3.8) is 0 Å². The monoisotopic (exact) mass is 303 g/mol. The fraction of sp³-hybridized carbons (Fsp3) is 0.400. The number of aromatic nitrogens is 1. The standard InChI is InChI=1S/C10H7ClF5NO2/c1-2-19-9(18)5-3-4(8(12)13)6(7(11)17-5)10(14,15)16/h3,8H,2H2,1H3. The Hall–Kier alpha value is -1.44. The third-order valence-electron chi connectivity index (χ3n) is 2.01. The number of pyridine rings is 1. The van der Waals surface area contributed by atoms with E-state index in [1.54, 1.807) is 0 Å². The molecule has 0 spiro atoms. The second kappa shape index (κ2) is 5.68. The summed E-state index contributed by atoms with van der Waals surface area (Å²) >= 11 is 5.24. The lowest BCUT2D eigenvalue weighted by Crippen LogP contribution is -2.15. The second-order valence-electron chi connectivity index (χ2n) is 3.28. The molecule has 106 valence electrons. The summed E-state index contributed by atoms with van der Waals surface area (Å²) < 4.78 is 67.4. The van der Waals surface area contributed by atoms with Crippen LogP contribution in [0.3, 0.4) is 0 Å². The van der Waals surface area contributed by atoms with Gasteiger partial charge in [0.25, 0.3) is 6.43 Å². The lowest BCUT2D eigenvalue weighted by molar-refractivity contribution is -0.139. The van der Waals surface area contributed by atoms with E-state index >= 15 is 0 Å². The Morgan fingerprint density at radius 2 is 2.05 bits per heavy atom. The molecular weight excluding hydrogens is 297 g/mol. The first-order valence-corrected chi connectivity index (χ1v) is 5.29. The average Bonchev–Trinajstić information content (AvgIpc) is 2.26. The highest BCUT2D eigenvalue weighted by molar-refractivity contribution is 6.30. The summed E-state index contributed by atoms with van der Waals surface area (Å²) in [5, 5.41) is -1.21. The van der Waals surface area contributed by atoms with E-state index in [9.17, 15) is 26.7 Å². The fourth-order valence-electron chi connectivity index (χ4n) is 1.29. The number of rotatable bonds is 3. The summed E-state index contributed by atoms with van der Waals surface area (Å²) in [7, 11) is 0. The molecule has 0 saturated heterocycles. The molecule has 0 bridgehead atoms. The lowest BCUT2D eigenvalue weighted by atomic mass is 10.1. The first-order chi connectivity index (χ1) is 8.68. The Bertz CT molecular complexity index is 490. The molecule has 0 saturated carbocycles. The summed E-state index contributed by atoms with van der Waals surface area (Å²) in [6.45, 7) is 1.36. The van der Waals surface area contributed by atoms with Gasteiger partial charge in [0.15, 0.2) is 5.69 Å². The SMILES string of the molecule is CCOC(=O)c1cc(C(F)F)c(C(F)(F)F)c(Cl)n1. The molecule has 1 heterocycles. The molecule has 0 N–H and O–H groups in total. The molecule has 1 aromatic rings. The molecule has 1 aromatic heterocycles. The van der Waals surface area contributed by atoms with E-state index in [0.717, 1.165) is 0 Å². The van der Waals surface area contributed by atoms with Crippen LogP contribution in [0, 0.1) is 0 Å². The second-order valence-corrected chi connectivity index (χ2v) is 3.64. The third-order valence-corrected chi connectivity index (χ3v) is 2.28. The van der Waals surface area contributed by atoms with Crippen LogP contribution in [0.1, 0.15) is 35.0 Å². The molecule has 0 aromatic carbocycles. The zero-order chi connectivity index (χ0) is 14.8. The minimum atomic E-state index is -5.09. The quantitative estimate of drug-likeness (QED) is 0.483. The minimum Gasteiger partial charge on any atom is -0.461 e. The number of halogens is 6. The van der Waals surface area contributed by atoms with E-state index in [0.29, 0.717) is 6.07 Å². The van der Waals surface area contributed by atoms with E-state index in [1.165, 1.54) is 6.92 Å². The minimum absolute atomic E-state index is 0.0802. The van der Waals surface area contributed by atoms with Gasteiger partial charge in [0.05, 0.1) is 6.61 Å². The average molecular weight is 304 g/mol. The van der Waals surface area contributed by atoms with Gasteiger partial charge in [-0.05, 0) is 13.0 Å². The summed E-state index contributed by atoms with van der Waals surface area (Å²) in [4.78, 5) is 14.4. The number of alkyl halides is 5. The maximum absolute atomic E-state index is 12.6. The molecule has 0 radical (unpaired) electrons. The van der Waals surface area contributed by atoms with Crippen molar-refractivity contribution in [3.8, 4) is 0 Å². The van der Waals surface area contributed by atoms with Gasteiger partial charge in [0, 0.05) is 5.56 Å². The largest absolute Gasteiger partial charge is 0.461 e. The van der Waals surface area contributed by atoms with Crippen molar-refractivity contribution < 1.29 is 31.5 Å². The summed E-state index contributed by atoms with van der Waals surface area (Å²) in [6.07, 6.45) is -8.55. The molecule has 3 nitrogen and oxygen atoms in total. The number of esters is 1. The van der Waals surface area contributed by atoms with Crippen molar-refractivity contribution >= 4 is 17.6 Å². The van der Waals surface area contributed by atoms with Crippen LogP contribution < -0.4 is 0 Å². The van der Waals surface area contributed by atoms with E-state index in [-0.39, 0.29) is 6.61 Å². The number of nitrogens with zero attached hydrogens (tertiary/aromatic N) is 1. The molecule has 0 amide bonds.